The van der Waals surface area contributed by atoms with Crippen molar-refractivity contribution in [2.45, 2.75) is 88.9 Å². The number of nitrogens with zero attached hydrogens (tertiary/aromatic N) is 2. The minimum Gasteiger partial charge on any atom is -0.377 e. The van der Waals surface area contributed by atoms with Crippen LogP contribution >= 0.6 is 24.0 Å². The normalized spacial score (nSPS) is 36.2. The number of nitrogens with one attached hydrogen (secondary N) is 2. The highest BCUT2D eigenvalue weighted by molar-refractivity contribution is 14.0. The number of likely N-dealkylation sites (tertiary alicyclic amines) is 1. The fourth-order valence-corrected chi connectivity index (χ4v) is 6.38. The van der Waals surface area contributed by atoms with Crippen molar-refractivity contribution in [1.82, 2.24) is 15.5 Å². The monoisotopic (exact) mass is 488 g/mol. The second kappa shape index (κ2) is 8.34. The Balaban J connectivity index is 0.00000180. The molecule has 3 atom stereocenters. The molecule has 0 aromatic rings. The summed E-state index contributed by atoms with van der Waals surface area (Å²) in [5.41, 5.74) is 0.396. The van der Waals surface area contributed by atoms with Gasteiger partial charge in [-0.25, -0.2) is 0 Å². The maximum atomic E-state index is 6.15. The van der Waals surface area contributed by atoms with Crippen LogP contribution in [0, 0.1) is 11.3 Å². The van der Waals surface area contributed by atoms with Gasteiger partial charge in [-0.05, 0) is 51.9 Å². The van der Waals surface area contributed by atoms with Gasteiger partial charge in [-0.1, -0.05) is 12.8 Å². The van der Waals surface area contributed by atoms with Gasteiger partial charge in [0.05, 0.1) is 6.10 Å². The van der Waals surface area contributed by atoms with E-state index in [4.69, 9.17) is 9.73 Å². The van der Waals surface area contributed by atoms with Crippen LogP contribution in [0.5, 0.6) is 0 Å². The molecule has 0 aromatic carbocycles. The topological polar surface area (TPSA) is 48.9 Å². The molecule has 0 amide bonds. The summed E-state index contributed by atoms with van der Waals surface area (Å²) in [6, 6.07) is 2.06. The van der Waals surface area contributed by atoms with Crippen LogP contribution in [0.2, 0.25) is 0 Å². The summed E-state index contributed by atoms with van der Waals surface area (Å²) >= 11 is 0. The smallest absolute Gasteiger partial charge is 0.191 e. The summed E-state index contributed by atoms with van der Waals surface area (Å²) in [6.07, 6.45) is 12.5. The van der Waals surface area contributed by atoms with Gasteiger partial charge in [-0.3, -0.25) is 4.99 Å². The molecule has 2 heterocycles. The number of guanidine groups is 1. The molecule has 1 spiro atoms. The van der Waals surface area contributed by atoms with Crippen molar-refractivity contribution in [2.75, 3.05) is 26.2 Å². The molecule has 2 aliphatic heterocycles. The van der Waals surface area contributed by atoms with Crippen LogP contribution in [0.3, 0.4) is 0 Å². The summed E-state index contributed by atoms with van der Waals surface area (Å²) < 4.78 is 6.15. The first-order valence-electron chi connectivity index (χ1n) is 11.2. The van der Waals surface area contributed by atoms with Gasteiger partial charge < -0.3 is 20.3 Å². The van der Waals surface area contributed by atoms with Crippen molar-refractivity contribution in [3.63, 3.8) is 0 Å². The third-order valence-corrected chi connectivity index (χ3v) is 7.83. The highest BCUT2D eigenvalue weighted by atomic mass is 127. The summed E-state index contributed by atoms with van der Waals surface area (Å²) in [6.45, 7) is 6.47. The number of hydrogen-bond donors (Lipinski definition) is 2. The second-order valence-electron chi connectivity index (χ2n) is 9.31. The van der Waals surface area contributed by atoms with E-state index in [-0.39, 0.29) is 24.0 Å². The van der Waals surface area contributed by atoms with Crippen LogP contribution in [0.4, 0.5) is 0 Å². The summed E-state index contributed by atoms with van der Waals surface area (Å²) in [7, 11) is 0. The molecule has 6 heteroatoms. The lowest BCUT2D eigenvalue weighted by atomic mass is 9.54. The number of hydrogen-bond acceptors (Lipinski definition) is 3. The maximum absolute atomic E-state index is 6.15. The van der Waals surface area contributed by atoms with E-state index in [1.54, 1.807) is 0 Å². The Labute approximate surface area is 181 Å². The van der Waals surface area contributed by atoms with Crippen molar-refractivity contribution < 1.29 is 4.74 Å². The van der Waals surface area contributed by atoms with Crippen LogP contribution < -0.4 is 10.6 Å². The Hall–Kier alpha value is -0.0800. The number of aliphatic imine (C=N–C) groups is 1. The third-order valence-electron chi connectivity index (χ3n) is 7.83. The molecule has 154 valence electrons. The SMILES string of the molecule is CCN=C(NC1CCN(C2CC2)CC1)NC1C2CCOC2C12CCCC2.I. The van der Waals surface area contributed by atoms with Gasteiger partial charge in [0.15, 0.2) is 5.96 Å². The summed E-state index contributed by atoms with van der Waals surface area (Å²) in [5, 5.41) is 7.69. The standard InChI is InChI=1S/C21H36N4O.HI/c1-2-22-20(23-15-7-12-25(13-8-15)16-5-6-16)24-18-17-9-14-26-19(17)21(18)10-3-4-11-21;/h15-19H,2-14H2,1H3,(H2,22,23,24);1H. The van der Waals surface area contributed by atoms with E-state index in [0.717, 1.165) is 25.2 Å². The van der Waals surface area contributed by atoms with E-state index >= 15 is 0 Å². The molecule has 0 radical (unpaired) electrons. The second-order valence-corrected chi connectivity index (χ2v) is 9.31. The number of halogens is 1. The van der Waals surface area contributed by atoms with E-state index < -0.39 is 0 Å². The lowest BCUT2D eigenvalue weighted by Gasteiger charge is -2.57. The van der Waals surface area contributed by atoms with Crippen molar-refractivity contribution in [1.29, 1.82) is 0 Å². The zero-order valence-corrected chi connectivity index (χ0v) is 19.1. The first-order valence-corrected chi connectivity index (χ1v) is 11.2. The molecule has 2 N–H and O–H groups in total. The highest BCUT2D eigenvalue weighted by Gasteiger charge is 2.65. The molecular formula is C21H37IN4O. The first kappa shape index (κ1) is 20.2. The van der Waals surface area contributed by atoms with Crippen molar-refractivity contribution in [2.24, 2.45) is 16.3 Å². The van der Waals surface area contributed by atoms with Crippen molar-refractivity contribution >= 4 is 29.9 Å². The van der Waals surface area contributed by atoms with Crippen molar-refractivity contribution in [3.05, 3.63) is 0 Å². The molecule has 5 aliphatic rings. The van der Waals surface area contributed by atoms with E-state index in [0.29, 0.717) is 29.5 Å². The largest absolute Gasteiger partial charge is 0.377 e. The van der Waals surface area contributed by atoms with E-state index in [9.17, 15) is 0 Å². The zero-order chi connectivity index (χ0) is 17.6. The molecule has 27 heavy (non-hydrogen) atoms. The number of ether oxygens (including phenoxy) is 1. The van der Waals surface area contributed by atoms with Crippen LogP contribution in [-0.2, 0) is 4.74 Å². The lowest BCUT2D eigenvalue weighted by Crippen LogP contribution is -2.69. The summed E-state index contributed by atoms with van der Waals surface area (Å²) in [5.74, 6) is 1.77. The number of piperidine rings is 1. The Kier molecular flexibility index (Phi) is 6.24. The van der Waals surface area contributed by atoms with E-state index in [2.05, 4.69) is 22.5 Å². The Morgan fingerprint density at radius 2 is 1.81 bits per heavy atom. The number of fused-ring (bicyclic) bond motifs is 2. The minimum absolute atomic E-state index is 0. The molecule has 3 unspecified atom stereocenters. The van der Waals surface area contributed by atoms with Gasteiger partial charge in [0, 0.05) is 55.7 Å². The van der Waals surface area contributed by atoms with Gasteiger partial charge in [-0.2, -0.15) is 0 Å². The molecule has 0 aromatic heterocycles. The average Bonchev–Trinajstić information content (AvgIpc) is 3.19. The molecule has 2 saturated heterocycles. The third kappa shape index (κ3) is 3.75. The molecule has 5 nitrogen and oxygen atoms in total. The van der Waals surface area contributed by atoms with Gasteiger partial charge in [-0.15, -0.1) is 24.0 Å². The zero-order valence-electron chi connectivity index (χ0n) is 16.8. The van der Waals surface area contributed by atoms with Gasteiger partial charge in [0.25, 0.3) is 0 Å². The van der Waals surface area contributed by atoms with Gasteiger partial charge in [0.2, 0.25) is 0 Å². The first-order chi connectivity index (χ1) is 12.8. The number of rotatable bonds is 4. The van der Waals surface area contributed by atoms with E-state index in [1.807, 2.05) is 0 Å². The van der Waals surface area contributed by atoms with Gasteiger partial charge >= 0.3 is 0 Å². The predicted molar refractivity (Wildman–Crippen MR) is 120 cm³/mol. The molecule has 0 bridgehead atoms. The molecule has 5 fully saturated rings. The minimum atomic E-state index is 0. The molecule has 5 rings (SSSR count). The highest BCUT2D eigenvalue weighted by Crippen LogP contribution is 2.60. The quantitative estimate of drug-likeness (QED) is 0.363. The Bertz CT molecular complexity index is 538. The molecule has 3 saturated carbocycles. The predicted octanol–water partition coefficient (Wildman–Crippen LogP) is 3.13. The van der Waals surface area contributed by atoms with Crippen LogP contribution in [-0.4, -0.2) is 61.3 Å². The van der Waals surface area contributed by atoms with Crippen molar-refractivity contribution in [3.8, 4) is 0 Å². The Morgan fingerprint density at radius 1 is 1.07 bits per heavy atom. The fourth-order valence-electron chi connectivity index (χ4n) is 6.38. The lowest BCUT2D eigenvalue weighted by molar-refractivity contribution is -0.125. The molecular weight excluding hydrogens is 451 g/mol. The maximum Gasteiger partial charge on any atom is 0.191 e. The van der Waals surface area contributed by atoms with Gasteiger partial charge in [0.1, 0.15) is 0 Å². The summed E-state index contributed by atoms with van der Waals surface area (Å²) in [4.78, 5) is 7.51. The average molecular weight is 488 g/mol. The van der Waals surface area contributed by atoms with E-state index in [1.165, 1.54) is 70.9 Å². The fraction of sp³-hybridized carbons (Fsp3) is 0.952. The van der Waals surface area contributed by atoms with Crippen LogP contribution in [0.25, 0.3) is 0 Å². The van der Waals surface area contributed by atoms with Crippen LogP contribution in [0.15, 0.2) is 4.99 Å². The molecule has 3 aliphatic carbocycles. The Morgan fingerprint density at radius 3 is 2.48 bits per heavy atom. The van der Waals surface area contributed by atoms with Crippen LogP contribution in [0.1, 0.15) is 64.7 Å².